The quantitative estimate of drug-likeness (QED) is 0.642. The zero-order valence-electron chi connectivity index (χ0n) is 15.2. The van der Waals surface area contributed by atoms with Crippen molar-refractivity contribution in [3.8, 4) is 0 Å². The van der Waals surface area contributed by atoms with Crippen LogP contribution in [0.2, 0.25) is 10.0 Å². The standard InChI is InChI=1S/C19H16Cl2N4O4/c1-19(13-8-7-11(20)9-14(13)21)16(27)25(18(29)24-19)10-15(26)23-17(28)22-12-5-3-2-4-6-12/h2-9H,10H2,1H3,(H,24,29)(H2,22,23,26,28). The molecule has 2 aromatic carbocycles. The lowest BCUT2D eigenvalue weighted by Crippen LogP contribution is -2.45. The molecule has 1 saturated heterocycles. The van der Waals surface area contributed by atoms with Gasteiger partial charge in [-0.05, 0) is 31.2 Å². The summed E-state index contributed by atoms with van der Waals surface area (Å²) in [7, 11) is 0. The lowest BCUT2D eigenvalue weighted by molar-refractivity contribution is -0.134. The van der Waals surface area contributed by atoms with E-state index in [4.69, 9.17) is 23.2 Å². The van der Waals surface area contributed by atoms with Crippen molar-refractivity contribution in [1.29, 1.82) is 0 Å². The average Bonchev–Trinajstić information content (AvgIpc) is 2.86. The number of amides is 6. The molecule has 0 bridgehead atoms. The highest BCUT2D eigenvalue weighted by Crippen LogP contribution is 2.34. The van der Waals surface area contributed by atoms with E-state index in [0.717, 1.165) is 4.90 Å². The van der Waals surface area contributed by atoms with Crippen LogP contribution in [0, 0.1) is 0 Å². The van der Waals surface area contributed by atoms with Crippen LogP contribution in [0.1, 0.15) is 12.5 Å². The number of benzene rings is 2. The van der Waals surface area contributed by atoms with Gasteiger partial charge >= 0.3 is 12.1 Å². The molecule has 8 nitrogen and oxygen atoms in total. The number of para-hydroxylation sites is 1. The van der Waals surface area contributed by atoms with E-state index in [0.29, 0.717) is 16.3 Å². The fourth-order valence-corrected chi connectivity index (χ4v) is 3.51. The minimum atomic E-state index is -1.47. The van der Waals surface area contributed by atoms with Gasteiger partial charge in [0.2, 0.25) is 5.91 Å². The summed E-state index contributed by atoms with van der Waals surface area (Å²) in [6.45, 7) is 0.843. The summed E-state index contributed by atoms with van der Waals surface area (Å²) in [5.41, 5.74) is -0.643. The highest BCUT2D eigenvalue weighted by molar-refractivity contribution is 6.35. The molecule has 0 aromatic heterocycles. The third kappa shape index (κ3) is 4.33. The molecule has 10 heteroatoms. The van der Waals surface area contributed by atoms with Gasteiger partial charge in [0.15, 0.2) is 0 Å². The Morgan fingerprint density at radius 1 is 1.10 bits per heavy atom. The van der Waals surface area contributed by atoms with E-state index in [2.05, 4.69) is 16.0 Å². The van der Waals surface area contributed by atoms with Gasteiger partial charge in [-0.1, -0.05) is 47.5 Å². The number of carbonyl (C=O) groups excluding carboxylic acids is 4. The number of hydrogen-bond donors (Lipinski definition) is 3. The van der Waals surface area contributed by atoms with Crippen molar-refractivity contribution in [3.05, 3.63) is 64.1 Å². The minimum absolute atomic E-state index is 0.196. The van der Waals surface area contributed by atoms with Gasteiger partial charge in [-0.15, -0.1) is 0 Å². The second-order valence-electron chi connectivity index (χ2n) is 6.44. The molecule has 1 aliphatic rings. The zero-order valence-corrected chi connectivity index (χ0v) is 16.7. The lowest BCUT2D eigenvalue weighted by Gasteiger charge is -2.23. The van der Waals surface area contributed by atoms with Crippen LogP contribution >= 0.6 is 23.2 Å². The maximum absolute atomic E-state index is 12.9. The van der Waals surface area contributed by atoms with E-state index < -0.39 is 36.0 Å². The van der Waals surface area contributed by atoms with Crippen LogP contribution in [0.15, 0.2) is 48.5 Å². The summed E-state index contributed by atoms with van der Waals surface area (Å²) in [5, 5.41) is 7.65. The predicted octanol–water partition coefficient (Wildman–Crippen LogP) is 3.11. The smallest absolute Gasteiger partial charge is 0.319 e. The van der Waals surface area contributed by atoms with Crippen molar-refractivity contribution < 1.29 is 19.2 Å². The summed E-state index contributed by atoms with van der Waals surface area (Å²) in [5.74, 6) is -1.50. The Kier molecular flexibility index (Phi) is 5.76. The number of nitrogens with one attached hydrogen (secondary N) is 3. The second-order valence-corrected chi connectivity index (χ2v) is 7.28. The van der Waals surface area contributed by atoms with Crippen LogP contribution in [0.25, 0.3) is 0 Å². The Labute approximate surface area is 176 Å². The van der Waals surface area contributed by atoms with Gasteiger partial charge < -0.3 is 10.6 Å². The van der Waals surface area contributed by atoms with E-state index in [1.807, 2.05) is 0 Å². The molecule has 6 amide bonds. The molecule has 2 aromatic rings. The van der Waals surface area contributed by atoms with Gasteiger partial charge in [0, 0.05) is 21.3 Å². The van der Waals surface area contributed by atoms with Crippen molar-refractivity contribution >= 4 is 52.8 Å². The molecule has 29 heavy (non-hydrogen) atoms. The van der Waals surface area contributed by atoms with Crippen molar-refractivity contribution in [1.82, 2.24) is 15.5 Å². The first-order chi connectivity index (χ1) is 13.7. The number of urea groups is 2. The van der Waals surface area contributed by atoms with Crippen LogP contribution in [-0.4, -0.2) is 35.3 Å². The molecule has 1 fully saturated rings. The van der Waals surface area contributed by atoms with Crippen molar-refractivity contribution in [3.63, 3.8) is 0 Å². The first-order valence-corrected chi connectivity index (χ1v) is 9.22. The normalized spacial score (nSPS) is 18.4. The van der Waals surface area contributed by atoms with E-state index in [1.54, 1.807) is 30.3 Å². The number of hydrogen-bond acceptors (Lipinski definition) is 4. The van der Waals surface area contributed by atoms with Gasteiger partial charge in [-0.25, -0.2) is 9.59 Å². The van der Waals surface area contributed by atoms with E-state index in [9.17, 15) is 19.2 Å². The van der Waals surface area contributed by atoms with Crippen molar-refractivity contribution in [2.24, 2.45) is 0 Å². The summed E-state index contributed by atoms with van der Waals surface area (Å²) >= 11 is 12.1. The molecule has 3 rings (SSSR count). The molecule has 0 aliphatic carbocycles. The van der Waals surface area contributed by atoms with Gasteiger partial charge in [0.1, 0.15) is 12.1 Å². The Bertz CT molecular complexity index is 999. The van der Waals surface area contributed by atoms with Gasteiger partial charge in [0.05, 0.1) is 0 Å². The van der Waals surface area contributed by atoms with Gasteiger partial charge in [-0.3, -0.25) is 19.8 Å². The van der Waals surface area contributed by atoms with E-state index in [1.165, 1.54) is 25.1 Å². The molecule has 1 atom stereocenters. The third-order valence-electron chi connectivity index (χ3n) is 4.33. The highest BCUT2D eigenvalue weighted by Gasteiger charge is 2.50. The summed E-state index contributed by atoms with van der Waals surface area (Å²) in [4.78, 5) is 50.0. The topological polar surface area (TPSA) is 108 Å². The fourth-order valence-electron chi connectivity index (χ4n) is 2.91. The lowest BCUT2D eigenvalue weighted by atomic mass is 9.92. The molecule has 3 N–H and O–H groups in total. The molecule has 0 saturated carbocycles. The largest absolute Gasteiger partial charge is 0.325 e. The Morgan fingerprint density at radius 2 is 1.79 bits per heavy atom. The van der Waals surface area contributed by atoms with Crippen LogP contribution in [0.3, 0.4) is 0 Å². The predicted molar refractivity (Wildman–Crippen MR) is 108 cm³/mol. The maximum atomic E-state index is 12.9. The van der Waals surface area contributed by atoms with Crippen LogP contribution in [0.5, 0.6) is 0 Å². The number of anilines is 1. The molecular formula is C19H16Cl2N4O4. The van der Waals surface area contributed by atoms with Gasteiger partial charge in [-0.2, -0.15) is 0 Å². The number of rotatable bonds is 4. The number of imide groups is 2. The molecule has 1 unspecified atom stereocenters. The van der Waals surface area contributed by atoms with Crippen LogP contribution < -0.4 is 16.0 Å². The Hall–Kier alpha value is -3.10. The molecule has 1 aliphatic heterocycles. The highest BCUT2D eigenvalue weighted by atomic mass is 35.5. The zero-order chi connectivity index (χ0) is 21.2. The molecule has 1 heterocycles. The number of carbonyl (C=O) groups is 4. The second kappa shape index (κ2) is 8.10. The van der Waals surface area contributed by atoms with Gasteiger partial charge in [0.25, 0.3) is 5.91 Å². The van der Waals surface area contributed by atoms with Crippen molar-refractivity contribution in [2.45, 2.75) is 12.5 Å². The Morgan fingerprint density at radius 3 is 2.45 bits per heavy atom. The van der Waals surface area contributed by atoms with Crippen LogP contribution in [0.4, 0.5) is 15.3 Å². The first-order valence-electron chi connectivity index (χ1n) is 8.46. The number of nitrogens with zero attached hydrogens (tertiary/aromatic N) is 1. The molecule has 0 spiro atoms. The number of halogens is 2. The molecule has 0 radical (unpaired) electrons. The molecule has 150 valence electrons. The SMILES string of the molecule is CC1(c2ccc(Cl)cc2Cl)NC(=O)N(CC(=O)NC(=O)Nc2ccccc2)C1=O. The maximum Gasteiger partial charge on any atom is 0.325 e. The Balaban J connectivity index is 1.68. The monoisotopic (exact) mass is 434 g/mol. The fraction of sp³-hybridized carbons (Fsp3) is 0.158. The van der Waals surface area contributed by atoms with E-state index in [-0.39, 0.29) is 5.02 Å². The average molecular weight is 435 g/mol. The molecular weight excluding hydrogens is 419 g/mol. The summed E-state index contributed by atoms with van der Waals surface area (Å²) < 4.78 is 0. The minimum Gasteiger partial charge on any atom is -0.319 e. The third-order valence-corrected chi connectivity index (χ3v) is 4.88. The summed E-state index contributed by atoms with van der Waals surface area (Å²) in [6, 6.07) is 11.4. The van der Waals surface area contributed by atoms with E-state index >= 15 is 0 Å². The summed E-state index contributed by atoms with van der Waals surface area (Å²) in [6.07, 6.45) is 0. The first kappa shape index (κ1) is 20.6. The van der Waals surface area contributed by atoms with Crippen LogP contribution in [-0.2, 0) is 15.1 Å². The van der Waals surface area contributed by atoms with Crippen molar-refractivity contribution in [2.75, 3.05) is 11.9 Å².